The molecule has 0 saturated heterocycles. The zero-order valence-electron chi connectivity index (χ0n) is 13.6. The normalized spacial score (nSPS) is 10.9. The van der Waals surface area contributed by atoms with E-state index < -0.39 is 0 Å². The average Bonchev–Trinajstić information content (AvgIpc) is 2.54. The molecule has 0 aliphatic heterocycles. The van der Waals surface area contributed by atoms with E-state index in [2.05, 4.69) is 17.2 Å². The van der Waals surface area contributed by atoms with Gasteiger partial charge in [-0.1, -0.05) is 26.2 Å². The van der Waals surface area contributed by atoms with Gasteiger partial charge in [0.2, 0.25) is 0 Å². The van der Waals surface area contributed by atoms with Gasteiger partial charge in [0.05, 0.1) is 10.9 Å². The van der Waals surface area contributed by atoms with Gasteiger partial charge in [-0.15, -0.1) is 0 Å². The molecule has 0 atom stereocenters. The molecule has 1 aromatic heterocycles. The van der Waals surface area contributed by atoms with Gasteiger partial charge in [-0.3, -0.25) is 14.2 Å². The summed E-state index contributed by atoms with van der Waals surface area (Å²) >= 11 is 5.19. The van der Waals surface area contributed by atoms with Crippen molar-refractivity contribution in [2.75, 3.05) is 6.54 Å². The van der Waals surface area contributed by atoms with Crippen LogP contribution in [0, 0.1) is 4.77 Å². The topological polar surface area (TPSA) is 66.9 Å². The molecule has 0 saturated carbocycles. The van der Waals surface area contributed by atoms with E-state index in [1.54, 1.807) is 18.2 Å². The molecule has 0 aliphatic rings. The molecule has 0 aliphatic carbocycles. The summed E-state index contributed by atoms with van der Waals surface area (Å²) in [4.78, 5) is 27.5. The maximum Gasteiger partial charge on any atom is 0.262 e. The first kappa shape index (κ1) is 17.4. The van der Waals surface area contributed by atoms with Crippen molar-refractivity contribution in [2.24, 2.45) is 0 Å². The van der Waals surface area contributed by atoms with Gasteiger partial charge in [-0.25, -0.2) is 0 Å². The lowest BCUT2D eigenvalue weighted by molar-refractivity contribution is 0.0953. The Kier molecular flexibility index (Phi) is 6.10. The lowest BCUT2D eigenvalue weighted by Crippen LogP contribution is -2.25. The summed E-state index contributed by atoms with van der Waals surface area (Å²) < 4.78 is 1.88. The highest BCUT2D eigenvalue weighted by Gasteiger charge is 2.09. The van der Waals surface area contributed by atoms with Crippen molar-refractivity contribution in [1.29, 1.82) is 0 Å². The number of carbonyl (C=O) groups excluding carboxylic acids is 1. The molecule has 124 valence electrons. The number of hydrogen-bond donors (Lipinski definition) is 2. The number of aromatic amines is 1. The number of hydrogen-bond acceptors (Lipinski definition) is 3. The lowest BCUT2D eigenvalue weighted by Gasteiger charge is -2.08. The fourth-order valence-corrected chi connectivity index (χ4v) is 2.86. The third-order valence-electron chi connectivity index (χ3n) is 3.88. The molecule has 0 bridgehead atoms. The molecule has 2 N–H and O–H groups in total. The van der Waals surface area contributed by atoms with Gasteiger partial charge in [0.1, 0.15) is 0 Å². The van der Waals surface area contributed by atoms with Crippen molar-refractivity contribution in [3.8, 4) is 0 Å². The lowest BCUT2D eigenvalue weighted by atomic mass is 10.1. The van der Waals surface area contributed by atoms with Crippen LogP contribution in [0.15, 0.2) is 23.0 Å². The Bertz CT molecular complexity index is 808. The predicted octanol–water partition coefficient (Wildman–Crippen LogP) is 3.39. The summed E-state index contributed by atoms with van der Waals surface area (Å²) in [7, 11) is 0. The fourth-order valence-electron chi connectivity index (χ4n) is 2.54. The smallest absolute Gasteiger partial charge is 0.262 e. The first-order chi connectivity index (χ1) is 11.1. The van der Waals surface area contributed by atoms with E-state index in [1.165, 1.54) is 17.4 Å². The maximum absolute atomic E-state index is 12.3. The summed E-state index contributed by atoms with van der Waals surface area (Å²) in [5.41, 5.74) is 1.01. The molecule has 2 rings (SSSR count). The van der Waals surface area contributed by atoms with Crippen LogP contribution in [0.5, 0.6) is 0 Å². The van der Waals surface area contributed by atoms with Crippen molar-refractivity contribution in [1.82, 2.24) is 14.9 Å². The molecule has 1 amide bonds. The molecule has 0 unspecified atom stereocenters. The molecule has 1 aromatic carbocycles. The third-order valence-corrected chi connectivity index (χ3v) is 4.20. The standard InChI is InChI=1S/C17H23N3O2S/c1-3-5-6-7-10-18-15(21)12-8-9-13-14(11-12)19-17(23)20(4-2)16(13)22/h8-9,11H,3-7,10H2,1-2H3,(H,18,21)(H,19,23). The van der Waals surface area contributed by atoms with Gasteiger partial charge >= 0.3 is 0 Å². The third kappa shape index (κ3) is 4.07. The van der Waals surface area contributed by atoms with Gasteiger partial charge in [0, 0.05) is 18.7 Å². The minimum atomic E-state index is -0.127. The Labute approximate surface area is 140 Å². The van der Waals surface area contributed by atoms with Gasteiger partial charge in [0.25, 0.3) is 11.5 Å². The summed E-state index contributed by atoms with van der Waals surface area (Å²) in [5, 5.41) is 3.45. The molecular weight excluding hydrogens is 310 g/mol. The van der Waals surface area contributed by atoms with E-state index in [4.69, 9.17) is 12.2 Å². The van der Waals surface area contributed by atoms with Crippen molar-refractivity contribution in [2.45, 2.75) is 46.1 Å². The summed E-state index contributed by atoms with van der Waals surface area (Å²) in [6, 6.07) is 5.05. The SMILES string of the molecule is CCCCCCNC(=O)c1ccc2c(=O)n(CC)c(=S)[nH]c2c1. The monoisotopic (exact) mass is 333 g/mol. The van der Waals surface area contributed by atoms with Crippen molar-refractivity contribution in [3.63, 3.8) is 0 Å². The Morgan fingerprint density at radius 3 is 2.74 bits per heavy atom. The van der Waals surface area contributed by atoms with Crippen LogP contribution in [0.2, 0.25) is 0 Å². The van der Waals surface area contributed by atoms with Crippen LogP contribution in [0.25, 0.3) is 10.9 Å². The second-order valence-electron chi connectivity index (χ2n) is 5.56. The number of fused-ring (bicyclic) bond motifs is 1. The number of benzene rings is 1. The second-order valence-corrected chi connectivity index (χ2v) is 5.94. The maximum atomic E-state index is 12.3. The van der Waals surface area contributed by atoms with E-state index in [9.17, 15) is 9.59 Å². The highest BCUT2D eigenvalue weighted by Crippen LogP contribution is 2.11. The Morgan fingerprint density at radius 1 is 1.26 bits per heavy atom. The van der Waals surface area contributed by atoms with Crippen LogP contribution in [0.4, 0.5) is 0 Å². The molecule has 0 spiro atoms. The van der Waals surface area contributed by atoms with Gasteiger partial charge < -0.3 is 10.3 Å². The molecule has 0 fully saturated rings. The quantitative estimate of drug-likeness (QED) is 0.603. The minimum Gasteiger partial charge on any atom is -0.352 e. The number of rotatable bonds is 7. The Morgan fingerprint density at radius 2 is 2.04 bits per heavy atom. The molecule has 23 heavy (non-hydrogen) atoms. The number of aromatic nitrogens is 2. The zero-order valence-corrected chi connectivity index (χ0v) is 14.5. The Balaban J connectivity index is 2.19. The van der Waals surface area contributed by atoms with E-state index in [0.29, 0.717) is 34.3 Å². The van der Waals surface area contributed by atoms with Crippen molar-refractivity contribution in [3.05, 3.63) is 38.9 Å². The van der Waals surface area contributed by atoms with Crippen LogP contribution in [0.3, 0.4) is 0 Å². The van der Waals surface area contributed by atoms with Crippen LogP contribution in [-0.4, -0.2) is 22.0 Å². The predicted molar refractivity (Wildman–Crippen MR) is 95.5 cm³/mol. The number of nitrogens with one attached hydrogen (secondary N) is 2. The highest BCUT2D eigenvalue weighted by atomic mass is 32.1. The molecule has 5 nitrogen and oxygen atoms in total. The largest absolute Gasteiger partial charge is 0.352 e. The van der Waals surface area contributed by atoms with E-state index >= 15 is 0 Å². The van der Waals surface area contributed by atoms with Crippen molar-refractivity contribution >= 4 is 29.0 Å². The summed E-state index contributed by atoms with van der Waals surface area (Å²) in [6.07, 6.45) is 4.47. The molecule has 2 aromatic rings. The number of carbonyl (C=O) groups is 1. The number of amides is 1. The van der Waals surface area contributed by atoms with Crippen LogP contribution in [0.1, 0.15) is 49.9 Å². The van der Waals surface area contributed by atoms with E-state index in [0.717, 1.165) is 12.8 Å². The van der Waals surface area contributed by atoms with Crippen LogP contribution >= 0.6 is 12.2 Å². The minimum absolute atomic E-state index is 0.123. The van der Waals surface area contributed by atoms with Gasteiger partial charge in [-0.05, 0) is 43.8 Å². The fraction of sp³-hybridized carbons (Fsp3) is 0.471. The zero-order chi connectivity index (χ0) is 16.8. The summed E-state index contributed by atoms with van der Waals surface area (Å²) in [5.74, 6) is -0.123. The Hall–Kier alpha value is -1.95. The molecule has 0 radical (unpaired) electrons. The van der Waals surface area contributed by atoms with Crippen molar-refractivity contribution < 1.29 is 4.79 Å². The van der Waals surface area contributed by atoms with E-state index in [1.807, 2.05) is 6.92 Å². The average molecular weight is 333 g/mol. The number of H-pyrrole nitrogens is 1. The van der Waals surface area contributed by atoms with Crippen LogP contribution < -0.4 is 10.9 Å². The summed E-state index contributed by atoms with van der Waals surface area (Å²) in [6.45, 7) is 5.22. The molecular formula is C17H23N3O2S. The molecule has 6 heteroatoms. The second kappa shape index (κ2) is 8.06. The first-order valence-corrected chi connectivity index (χ1v) is 8.54. The van der Waals surface area contributed by atoms with E-state index in [-0.39, 0.29) is 11.5 Å². The highest BCUT2D eigenvalue weighted by molar-refractivity contribution is 7.71. The first-order valence-electron chi connectivity index (χ1n) is 8.13. The number of unbranched alkanes of at least 4 members (excludes halogenated alkanes) is 3. The number of nitrogens with zero attached hydrogens (tertiary/aromatic N) is 1. The van der Waals surface area contributed by atoms with Gasteiger partial charge in [-0.2, -0.15) is 0 Å². The van der Waals surface area contributed by atoms with Gasteiger partial charge in [0.15, 0.2) is 4.77 Å². The molecule has 1 heterocycles. The van der Waals surface area contributed by atoms with Crippen LogP contribution in [-0.2, 0) is 6.54 Å².